The number of anilines is 1. The standard InChI is InChI=1S/C17H20N4O3S/c1-13-3-2-10-21(12-13)25(23,24)15-6-4-14(5-7-15)20-17(22)16-11-18-8-9-19-16/h4-9,11,13H,2-3,10,12H2,1H3,(H,20,22)/t13-/m0/s1. The lowest BCUT2D eigenvalue weighted by Gasteiger charge is -2.30. The first-order valence-corrected chi connectivity index (χ1v) is 9.58. The van der Waals surface area contributed by atoms with E-state index >= 15 is 0 Å². The summed E-state index contributed by atoms with van der Waals surface area (Å²) in [6, 6.07) is 6.19. The molecule has 1 fully saturated rings. The van der Waals surface area contributed by atoms with E-state index in [1.54, 1.807) is 12.1 Å². The highest BCUT2D eigenvalue weighted by Crippen LogP contribution is 2.24. The Bertz CT molecular complexity index is 838. The van der Waals surface area contributed by atoms with Gasteiger partial charge in [0, 0.05) is 31.2 Å². The summed E-state index contributed by atoms with van der Waals surface area (Å²) in [5, 5.41) is 2.67. The zero-order chi connectivity index (χ0) is 17.9. The minimum Gasteiger partial charge on any atom is -0.321 e. The van der Waals surface area contributed by atoms with Gasteiger partial charge in [0.05, 0.1) is 11.1 Å². The minimum atomic E-state index is -3.49. The van der Waals surface area contributed by atoms with Crippen molar-refractivity contribution in [3.63, 3.8) is 0 Å². The second kappa shape index (κ2) is 7.28. The Balaban J connectivity index is 1.72. The topological polar surface area (TPSA) is 92.3 Å². The molecule has 1 N–H and O–H groups in total. The Kier molecular flexibility index (Phi) is 5.10. The summed E-state index contributed by atoms with van der Waals surface area (Å²) in [6.45, 7) is 3.16. The fourth-order valence-corrected chi connectivity index (χ4v) is 4.43. The van der Waals surface area contributed by atoms with Crippen LogP contribution in [-0.4, -0.2) is 41.7 Å². The molecule has 1 saturated heterocycles. The lowest BCUT2D eigenvalue weighted by Crippen LogP contribution is -2.39. The quantitative estimate of drug-likeness (QED) is 0.902. The molecule has 3 rings (SSSR count). The molecule has 25 heavy (non-hydrogen) atoms. The van der Waals surface area contributed by atoms with E-state index in [0.29, 0.717) is 24.7 Å². The number of piperidine rings is 1. The van der Waals surface area contributed by atoms with Crippen molar-refractivity contribution >= 4 is 21.6 Å². The smallest absolute Gasteiger partial charge is 0.275 e. The molecule has 1 aliphatic heterocycles. The van der Waals surface area contributed by atoms with Crippen LogP contribution in [0.15, 0.2) is 47.8 Å². The predicted molar refractivity (Wildman–Crippen MR) is 93.6 cm³/mol. The van der Waals surface area contributed by atoms with Gasteiger partial charge in [-0.3, -0.25) is 9.78 Å². The normalized spacial score (nSPS) is 18.7. The van der Waals surface area contributed by atoms with Crippen LogP contribution in [0.25, 0.3) is 0 Å². The van der Waals surface area contributed by atoms with Crippen LogP contribution < -0.4 is 5.32 Å². The Hall–Kier alpha value is -2.32. The van der Waals surface area contributed by atoms with Crippen LogP contribution in [0.4, 0.5) is 5.69 Å². The summed E-state index contributed by atoms with van der Waals surface area (Å²) in [5.41, 5.74) is 0.697. The highest BCUT2D eigenvalue weighted by Gasteiger charge is 2.28. The molecule has 0 unspecified atom stereocenters. The van der Waals surface area contributed by atoms with Gasteiger partial charge in [-0.15, -0.1) is 0 Å². The third-order valence-corrected chi connectivity index (χ3v) is 6.04. The van der Waals surface area contributed by atoms with Gasteiger partial charge in [0.15, 0.2) is 0 Å². The Morgan fingerprint density at radius 2 is 2.00 bits per heavy atom. The number of nitrogens with zero attached hydrogens (tertiary/aromatic N) is 3. The Morgan fingerprint density at radius 1 is 1.24 bits per heavy atom. The van der Waals surface area contributed by atoms with Crippen LogP contribution in [0.2, 0.25) is 0 Å². The Labute approximate surface area is 147 Å². The summed E-state index contributed by atoms with van der Waals surface area (Å²) in [5.74, 6) is -0.0253. The van der Waals surface area contributed by atoms with Crippen molar-refractivity contribution in [3.8, 4) is 0 Å². The molecule has 1 aromatic carbocycles. The van der Waals surface area contributed by atoms with Gasteiger partial charge in [-0.25, -0.2) is 13.4 Å². The second-order valence-corrected chi connectivity index (χ2v) is 8.12. The minimum absolute atomic E-state index is 0.196. The van der Waals surface area contributed by atoms with Crippen LogP contribution in [-0.2, 0) is 10.0 Å². The zero-order valence-corrected chi connectivity index (χ0v) is 14.7. The van der Waals surface area contributed by atoms with Crippen molar-refractivity contribution in [2.75, 3.05) is 18.4 Å². The number of sulfonamides is 1. The van der Waals surface area contributed by atoms with Gasteiger partial charge in [0.2, 0.25) is 10.0 Å². The predicted octanol–water partition coefficient (Wildman–Crippen LogP) is 2.15. The third kappa shape index (κ3) is 4.02. The maximum absolute atomic E-state index is 12.7. The van der Waals surface area contributed by atoms with Gasteiger partial charge in [-0.05, 0) is 43.0 Å². The van der Waals surface area contributed by atoms with E-state index in [9.17, 15) is 13.2 Å². The molecule has 1 atom stereocenters. The number of nitrogens with one attached hydrogen (secondary N) is 1. The van der Waals surface area contributed by atoms with Gasteiger partial charge in [-0.2, -0.15) is 4.31 Å². The number of carbonyl (C=O) groups is 1. The molecular weight excluding hydrogens is 340 g/mol. The van der Waals surface area contributed by atoms with E-state index in [1.165, 1.54) is 35.0 Å². The fraction of sp³-hybridized carbons (Fsp3) is 0.353. The molecule has 1 aromatic heterocycles. The summed E-state index contributed by atoms with van der Waals surface area (Å²) in [7, 11) is -3.49. The molecule has 0 radical (unpaired) electrons. The van der Waals surface area contributed by atoms with Crippen LogP contribution in [0.1, 0.15) is 30.3 Å². The van der Waals surface area contributed by atoms with Gasteiger partial charge >= 0.3 is 0 Å². The van der Waals surface area contributed by atoms with Crippen LogP contribution in [0.3, 0.4) is 0 Å². The number of aromatic nitrogens is 2. The number of rotatable bonds is 4. The van der Waals surface area contributed by atoms with Crippen molar-refractivity contribution in [2.45, 2.75) is 24.7 Å². The highest BCUT2D eigenvalue weighted by atomic mass is 32.2. The van der Waals surface area contributed by atoms with Crippen molar-refractivity contribution in [3.05, 3.63) is 48.5 Å². The summed E-state index contributed by atoms with van der Waals surface area (Å²) >= 11 is 0. The Morgan fingerprint density at radius 3 is 2.64 bits per heavy atom. The number of hydrogen-bond donors (Lipinski definition) is 1. The molecule has 0 saturated carbocycles. The fourth-order valence-electron chi connectivity index (χ4n) is 2.84. The monoisotopic (exact) mass is 360 g/mol. The summed E-state index contributed by atoms with van der Waals surface area (Å²) in [4.78, 5) is 20.0. The number of benzene rings is 1. The molecule has 132 valence electrons. The second-order valence-electron chi connectivity index (χ2n) is 6.18. The van der Waals surface area contributed by atoms with Gasteiger partial charge in [0.25, 0.3) is 5.91 Å². The third-order valence-electron chi connectivity index (χ3n) is 4.17. The molecule has 2 aromatic rings. The van der Waals surface area contributed by atoms with Crippen molar-refractivity contribution in [1.82, 2.24) is 14.3 Å². The van der Waals surface area contributed by atoms with E-state index in [-0.39, 0.29) is 10.6 Å². The maximum atomic E-state index is 12.7. The molecule has 0 bridgehead atoms. The highest BCUT2D eigenvalue weighted by molar-refractivity contribution is 7.89. The van der Waals surface area contributed by atoms with E-state index in [2.05, 4.69) is 22.2 Å². The molecule has 8 heteroatoms. The zero-order valence-electron chi connectivity index (χ0n) is 13.9. The number of amides is 1. The molecule has 7 nitrogen and oxygen atoms in total. The summed E-state index contributed by atoms with van der Waals surface area (Å²) in [6.07, 6.45) is 6.22. The van der Waals surface area contributed by atoms with Gasteiger partial charge in [0.1, 0.15) is 5.69 Å². The number of carbonyl (C=O) groups excluding carboxylic acids is 1. The first-order chi connectivity index (χ1) is 12.0. The molecule has 0 spiro atoms. The molecule has 1 aliphatic rings. The molecule has 0 aliphatic carbocycles. The SMILES string of the molecule is C[C@H]1CCCN(S(=O)(=O)c2ccc(NC(=O)c3cnccn3)cc2)C1. The van der Waals surface area contributed by atoms with E-state index < -0.39 is 15.9 Å². The van der Waals surface area contributed by atoms with Crippen molar-refractivity contribution in [1.29, 1.82) is 0 Å². The maximum Gasteiger partial charge on any atom is 0.275 e. The lowest BCUT2D eigenvalue weighted by atomic mass is 10.0. The van der Waals surface area contributed by atoms with E-state index in [0.717, 1.165) is 12.8 Å². The van der Waals surface area contributed by atoms with Crippen LogP contribution in [0, 0.1) is 5.92 Å². The van der Waals surface area contributed by atoms with Crippen molar-refractivity contribution in [2.24, 2.45) is 5.92 Å². The molecule has 2 heterocycles. The first kappa shape index (κ1) is 17.5. The van der Waals surface area contributed by atoms with Gasteiger partial charge < -0.3 is 5.32 Å². The molecule has 1 amide bonds. The lowest BCUT2D eigenvalue weighted by molar-refractivity contribution is 0.102. The van der Waals surface area contributed by atoms with Crippen molar-refractivity contribution < 1.29 is 13.2 Å². The van der Waals surface area contributed by atoms with E-state index in [1.807, 2.05) is 0 Å². The number of hydrogen-bond acceptors (Lipinski definition) is 5. The average molecular weight is 360 g/mol. The van der Waals surface area contributed by atoms with Crippen LogP contribution >= 0.6 is 0 Å². The molecular formula is C17H20N4O3S. The van der Waals surface area contributed by atoms with Crippen LogP contribution in [0.5, 0.6) is 0 Å². The first-order valence-electron chi connectivity index (χ1n) is 8.14. The van der Waals surface area contributed by atoms with E-state index in [4.69, 9.17) is 0 Å². The largest absolute Gasteiger partial charge is 0.321 e. The summed E-state index contributed by atoms with van der Waals surface area (Å²) < 4.78 is 27.0. The van der Waals surface area contributed by atoms with Gasteiger partial charge in [-0.1, -0.05) is 6.92 Å². The average Bonchev–Trinajstić information content (AvgIpc) is 2.63.